The Morgan fingerprint density at radius 3 is 2.67 bits per heavy atom. The Morgan fingerprint density at radius 2 is 2.00 bits per heavy atom. The van der Waals surface area contributed by atoms with Crippen LogP contribution in [0.5, 0.6) is 0 Å². The van der Waals surface area contributed by atoms with Crippen molar-refractivity contribution in [3.63, 3.8) is 0 Å². The van der Waals surface area contributed by atoms with Gasteiger partial charge in [-0.05, 0) is 24.6 Å². The third-order valence-electron chi connectivity index (χ3n) is 3.10. The first-order valence-corrected chi connectivity index (χ1v) is 6.80. The van der Waals surface area contributed by atoms with Gasteiger partial charge in [-0.15, -0.1) is 0 Å². The molecule has 0 bridgehead atoms. The zero-order valence-corrected chi connectivity index (χ0v) is 11.8. The highest BCUT2D eigenvalue weighted by Gasteiger charge is 2.08. The molecule has 21 heavy (non-hydrogen) atoms. The van der Waals surface area contributed by atoms with E-state index in [-0.39, 0.29) is 24.3 Å². The molecule has 0 saturated heterocycles. The van der Waals surface area contributed by atoms with Crippen LogP contribution in [0.25, 0.3) is 0 Å². The van der Waals surface area contributed by atoms with Crippen molar-refractivity contribution in [3.05, 3.63) is 65.7 Å². The topological polar surface area (TPSA) is 54.0 Å². The number of amides is 1. The minimum Gasteiger partial charge on any atom is -0.351 e. The Labute approximate surface area is 123 Å². The Morgan fingerprint density at radius 1 is 1.24 bits per heavy atom. The highest BCUT2D eigenvalue weighted by atomic mass is 19.1. The van der Waals surface area contributed by atoms with Crippen molar-refractivity contribution in [1.82, 2.24) is 15.6 Å². The van der Waals surface area contributed by atoms with Crippen molar-refractivity contribution >= 4 is 5.91 Å². The molecule has 4 nitrogen and oxygen atoms in total. The molecule has 0 fully saturated rings. The summed E-state index contributed by atoms with van der Waals surface area (Å²) in [6, 6.07) is 12.6. The lowest BCUT2D eigenvalue weighted by Crippen LogP contribution is -2.34. The molecule has 5 heteroatoms. The fourth-order valence-electron chi connectivity index (χ4n) is 1.85. The molecule has 0 aliphatic rings. The predicted molar refractivity (Wildman–Crippen MR) is 78.9 cm³/mol. The number of halogens is 1. The van der Waals surface area contributed by atoms with Gasteiger partial charge in [0.1, 0.15) is 5.82 Å². The number of pyridine rings is 1. The molecule has 2 rings (SSSR count). The van der Waals surface area contributed by atoms with Gasteiger partial charge in [-0.1, -0.05) is 30.3 Å². The molecule has 0 spiro atoms. The number of rotatable bonds is 6. The van der Waals surface area contributed by atoms with Crippen LogP contribution in [0.3, 0.4) is 0 Å². The van der Waals surface area contributed by atoms with Crippen LogP contribution in [0.1, 0.15) is 24.2 Å². The lowest BCUT2D eigenvalue weighted by atomic mass is 10.2. The minimum absolute atomic E-state index is 0.0900. The van der Waals surface area contributed by atoms with Crippen molar-refractivity contribution in [2.75, 3.05) is 6.54 Å². The van der Waals surface area contributed by atoms with E-state index in [0.717, 1.165) is 5.56 Å². The van der Waals surface area contributed by atoms with Gasteiger partial charge in [0.15, 0.2) is 0 Å². The second kappa shape index (κ2) is 7.50. The minimum atomic E-state index is -0.369. The summed E-state index contributed by atoms with van der Waals surface area (Å²) in [7, 11) is 0. The maximum atomic E-state index is 12.8. The van der Waals surface area contributed by atoms with Crippen LogP contribution < -0.4 is 10.6 Å². The monoisotopic (exact) mass is 287 g/mol. The molecular formula is C16H18FN3O. The zero-order valence-electron chi connectivity index (χ0n) is 11.8. The lowest BCUT2D eigenvalue weighted by molar-refractivity contribution is -0.120. The number of hydrogen-bond acceptors (Lipinski definition) is 3. The van der Waals surface area contributed by atoms with E-state index >= 15 is 0 Å². The summed E-state index contributed by atoms with van der Waals surface area (Å²) in [6.45, 7) is 2.57. The molecule has 110 valence electrons. The maximum absolute atomic E-state index is 12.8. The quantitative estimate of drug-likeness (QED) is 0.856. The van der Waals surface area contributed by atoms with Crippen LogP contribution in [0.4, 0.5) is 4.39 Å². The SMILES string of the molecule is CC(NCC(=O)NCc1ccccc1)c1ccc(F)cn1. The van der Waals surface area contributed by atoms with Crippen LogP contribution in [0, 0.1) is 5.82 Å². The molecule has 1 amide bonds. The Hall–Kier alpha value is -2.27. The highest BCUT2D eigenvalue weighted by molar-refractivity contribution is 5.78. The summed E-state index contributed by atoms with van der Waals surface area (Å²) in [5.41, 5.74) is 1.76. The number of nitrogens with zero attached hydrogens (tertiary/aromatic N) is 1. The molecule has 0 aliphatic carbocycles. The van der Waals surface area contributed by atoms with Crippen molar-refractivity contribution < 1.29 is 9.18 Å². The van der Waals surface area contributed by atoms with Gasteiger partial charge in [0, 0.05) is 12.6 Å². The average Bonchev–Trinajstić information content (AvgIpc) is 2.52. The Bertz CT molecular complexity index is 572. The molecule has 0 aliphatic heterocycles. The molecule has 1 heterocycles. The Kier molecular flexibility index (Phi) is 5.40. The van der Waals surface area contributed by atoms with Crippen LogP contribution in [0.2, 0.25) is 0 Å². The van der Waals surface area contributed by atoms with Crippen LogP contribution in [0.15, 0.2) is 48.7 Å². The van der Waals surface area contributed by atoms with E-state index in [9.17, 15) is 9.18 Å². The van der Waals surface area contributed by atoms with E-state index in [1.807, 2.05) is 37.3 Å². The fraction of sp³-hybridized carbons (Fsp3) is 0.250. The first kappa shape index (κ1) is 15.1. The number of hydrogen-bond donors (Lipinski definition) is 2. The molecule has 0 saturated carbocycles. The van der Waals surface area contributed by atoms with Gasteiger partial charge in [0.25, 0.3) is 0 Å². The van der Waals surface area contributed by atoms with E-state index in [2.05, 4.69) is 15.6 Å². The lowest BCUT2D eigenvalue weighted by Gasteiger charge is -2.13. The first-order chi connectivity index (χ1) is 10.1. The number of benzene rings is 1. The molecular weight excluding hydrogens is 269 g/mol. The molecule has 1 unspecified atom stereocenters. The number of carbonyl (C=O) groups is 1. The largest absolute Gasteiger partial charge is 0.351 e. The normalized spacial score (nSPS) is 11.9. The predicted octanol–water partition coefficient (Wildman–Crippen LogP) is 2.19. The highest BCUT2D eigenvalue weighted by Crippen LogP contribution is 2.08. The number of nitrogens with one attached hydrogen (secondary N) is 2. The standard InChI is InChI=1S/C16H18FN3O/c1-12(15-8-7-14(17)10-19-15)18-11-16(21)20-9-13-5-3-2-4-6-13/h2-8,10,12,18H,9,11H2,1H3,(H,20,21). The van der Waals surface area contributed by atoms with Gasteiger partial charge < -0.3 is 10.6 Å². The molecule has 2 aromatic rings. The molecule has 1 aromatic heterocycles. The van der Waals surface area contributed by atoms with E-state index in [1.54, 1.807) is 6.07 Å². The second-order valence-corrected chi connectivity index (χ2v) is 4.77. The van der Waals surface area contributed by atoms with Crippen LogP contribution in [-0.2, 0) is 11.3 Å². The summed E-state index contributed by atoms with van der Waals surface area (Å²) < 4.78 is 12.8. The van der Waals surface area contributed by atoms with Gasteiger partial charge >= 0.3 is 0 Å². The summed E-state index contributed by atoms with van der Waals surface area (Å²) in [5, 5.41) is 5.89. The molecule has 2 N–H and O–H groups in total. The van der Waals surface area contributed by atoms with E-state index < -0.39 is 0 Å². The number of carbonyl (C=O) groups excluding carboxylic acids is 1. The summed E-state index contributed by atoms with van der Waals surface area (Å²) >= 11 is 0. The smallest absolute Gasteiger partial charge is 0.234 e. The summed E-state index contributed by atoms with van der Waals surface area (Å²) in [6.07, 6.45) is 1.17. The fourth-order valence-corrected chi connectivity index (χ4v) is 1.85. The van der Waals surface area contributed by atoms with E-state index in [4.69, 9.17) is 0 Å². The average molecular weight is 287 g/mol. The van der Waals surface area contributed by atoms with E-state index in [1.165, 1.54) is 12.3 Å². The van der Waals surface area contributed by atoms with Gasteiger partial charge in [0.2, 0.25) is 5.91 Å². The Balaban J connectivity index is 1.74. The van der Waals surface area contributed by atoms with Crippen molar-refractivity contribution in [2.45, 2.75) is 19.5 Å². The first-order valence-electron chi connectivity index (χ1n) is 6.80. The molecule has 0 radical (unpaired) electrons. The third kappa shape index (κ3) is 4.96. The number of aromatic nitrogens is 1. The van der Waals surface area contributed by atoms with Crippen molar-refractivity contribution in [3.8, 4) is 0 Å². The maximum Gasteiger partial charge on any atom is 0.234 e. The van der Waals surface area contributed by atoms with Gasteiger partial charge in [0.05, 0.1) is 18.4 Å². The zero-order chi connectivity index (χ0) is 15.1. The van der Waals surface area contributed by atoms with Gasteiger partial charge in [-0.25, -0.2) is 4.39 Å². The molecule has 1 aromatic carbocycles. The van der Waals surface area contributed by atoms with Crippen LogP contribution in [-0.4, -0.2) is 17.4 Å². The summed E-state index contributed by atoms with van der Waals surface area (Å²) in [4.78, 5) is 15.7. The van der Waals surface area contributed by atoms with Crippen molar-refractivity contribution in [2.24, 2.45) is 0 Å². The third-order valence-corrected chi connectivity index (χ3v) is 3.10. The van der Waals surface area contributed by atoms with Crippen molar-refractivity contribution in [1.29, 1.82) is 0 Å². The van der Waals surface area contributed by atoms with Crippen LogP contribution >= 0.6 is 0 Å². The van der Waals surface area contributed by atoms with Gasteiger partial charge in [-0.3, -0.25) is 9.78 Å². The molecule has 1 atom stereocenters. The summed E-state index contributed by atoms with van der Waals surface area (Å²) in [5.74, 6) is -0.459. The van der Waals surface area contributed by atoms with Gasteiger partial charge in [-0.2, -0.15) is 0 Å². The van der Waals surface area contributed by atoms with E-state index in [0.29, 0.717) is 12.2 Å². The second-order valence-electron chi connectivity index (χ2n) is 4.77.